The summed E-state index contributed by atoms with van der Waals surface area (Å²) in [6.07, 6.45) is 5.37. The third kappa shape index (κ3) is 13.6. The molecule has 0 saturated carbocycles. The van der Waals surface area contributed by atoms with Crippen molar-refractivity contribution in [3.8, 4) is 0 Å². The van der Waals surface area contributed by atoms with Gasteiger partial charge in [-0.25, -0.2) is 4.79 Å². The number of unbranched alkanes of at least 4 members (excludes halogenated alkanes) is 5. The molecule has 0 aromatic carbocycles. The van der Waals surface area contributed by atoms with Crippen molar-refractivity contribution in [3.63, 3.8) is 0 Å². The first-order valence-corrected chi connectivity index (χ1v) is 7.81. The first-order chi connectivity index (χ1) is 11.0. The zero-order valence-corrected chi connectivity index (χ0v) is 13.4. The van der Waals surface area contributed by atoms with Crippen molar-refractivity contribution in [2.75, 3.05) is 13.2 Å². The second kappa shape index (κ2) is 13.9. The Morgan fingerprint density at radius 2 is 1.48 bits per heavy atom. The van der Waals surface area contributed by atoms with E-state index in [1.807, 2.05) is 0 Å². The molecular formula is C16H26O7. The van der Waals surface area contributed by atoms with Gasteiger partial charge in [-0.3, -0.25) is 9.59 Å². The highest BCUT2D eigenvalue weighted by molar-refractivity contribution is 5.91. The molecule has 0 bridgehead atoms. The SMILES string of the molecule is C=CC(=O)OC(=O)CCCCCCCCC(=O)OCC(O)CO. The fourth-order valence-corrected chi connectivity index (χ4v) is 1.76. The van der Waals surface area contributed by atoms with Gasteiger partial charge in [0.15, 0.2) is 0 Å². The summed E-state index contributed by atoms with van der Waals surface area (Å²) in [4.78, 5) is 33.2. The predicted octanol–water partition coefficient (Wildman–Crippen LogP) is 1.26. The minimum Gasteiger partial charge on any atom is -0.463 e. The molecule has 0 rings (SSSR count). The highest BCUT2D eigenvalue weighted by Gasteiger charge is 2.08. The van der Waals surface area contributed by atoms with Crippen LogP contribution in [0.2, 0.25) is 0 Å². The Bertz CT molecular complexity index is 379. The fourth-order valence-electron chi connectivity index (χ4n) is 1.76. The van der Waals surface area contributed by atoms with E-state index in [4.69, 9.17) is 14.9 Å². The van der Waals surface area contributed by atoms with Gasteiger partial charge in [0, 0.05) is 18.9 Å². The number of aliphatic hydroxyl groups is 2. The highest BCUT2D eigenvalue weighted by atomic mass is 16.6. The van der Waals surface area contributed by atoms with Gasteiger partial charge >= 0.3 is 17.9 Å². The molecule has 0 aliphatic rings. The molecular weight excluding hydrogens is 304 g/mol. The molecule has 7 nitrogen and oxygen atoms in total. The van der Waals surface area contributed by atoms with E-state index in [0.717, 1.165) is 31.8 Å². The molecule has 0 spiro atoms. The van der Waals surface area contributed by atoms with Gasteiger partial charge in [-0.1, -0.05) is 32.3 Å². The van der Waals surface area contributed by atoms with Crippen molar-refractivity contribution in [2.45, 2.75) is 57.5 Å². The van der Waals surface area contributed by atoms with Crippen molar-refractivity contribution in [1.82, 2.24) is 0 Å². The number of carbonyl (C=O) groups is 3. The Balaban J connectivity index is 3.39. The number of hydrogen-bond donors (Lipinski definition) is 2. The van der Waals surface area contributed by atoms with Crippen molar-refractivity contribution >= 4 is 17.9 Å². The van der Waals surface area contributed by atoms with Crippen LogP contribution in [0.5, 0.6) is 0 Å². The van der Waals surface area contributed by atoms with Crippen molar-refractivity contribution < 1.29 is 34.1 Å². The van der Waals surface area contributed by atoms with E-state index >= 15 is 0 Å². The quantitative estimate of drug-likeness (QED) is 0.226. The lowest BCUT2D eigenvalue weighted by atomic mass is 10.1. The van der Waals surface area contributed by atoms with E-state index in [0.29, 0.717) is 12.8 Å². The van der Waals surface area contributed by atoms with Crippen LogP contribution in [0.3, 0.4) is 0 Å². The Hall–Kier alpha value is -1.73. The molecule has 0 aliphatic carbocycles. The predicted molar refractivity (Wildman–Crippen MR) is 82.3 cm³/mol. The normalized spacial score (nSPS) is 11.6. The summed E-state index contributed by atoms with van der Waals surface area (Å²) in [6, 6.07) is 0. The zero-order chi connectivity index (χ0) is 17.5. The van der Waals surface area contributed by atoms with E-state index in [1.54, 1.807) is 0 Å². The molecule has 2 N–H and O–H groups in total. The average molecular weight is 330 g/mol. The number of esters is 3. The number of rotatable bonds is 13. The first kappa shape index (κ1) is 21.3. The summed E-state index contributed by atoms with van der Waals surface area (Å²) in [5.41, 5.74) is 0. The Morgan fingerprint density at radius 3 is 2.00 bits per heavy atom. The Kier molecular flexibility index (Phi) is 12.9. The summed E-state index contributed by atoms with van der Waals surface area (Å²) in [6.45, 7) is 2.60. The van der Waals surface area contributed by atoms with Crippen LogP contribution in [0, 0.1) is 0 Å². The topological polar surface area (TPSA) is 110 Å². The van der Waals surface area contributed by atoms with E-state index in [2.05, 4.69) is 11.3 Å². The van der Waals surface area contributed by atoms with Crippen molar-refractivity contribution in [2.24, 2.45) is 0 Å². The standard InChI is InChI=1S/C16H26O7/c1-2-14(19)23-16(21)10-8-6-4-3-5-7-9-15(20)22-12-13(18)11-17/h2,13,17-18H,1,3-12H2. The van der Waals surface area contributed by atoms with E-state index in [1.165, 1.54) is 0 Å². The second-order valence-electron chi connectivity index (χ2n) is 5.14. The maximum absolute atomic E-state index is 11.3. The maximum atomic E-state index is 11.3. The molecule has 132 valence electrons. The summed E-state index contributed by atoms with van der Waals surface area (Å²) in [5, 5.41) is 17.6. The summed E-state index contributed by atoms with van der Waals surface area (Å²) >= 11 is 0. The average Bonchev–Trinajstić information content (AvgIpc) is 2.54. The Morgan fingerprint density at radius 1 is 0.957 bits per heavy atom. The molecule has 0 saturated heterocycles. The monoisotopic (exact) mass is 330 g/mol. The summed E-state index contributed by atoms with van der Waals surface area (Å²) in [5.74, 6) is -1.65. The zero-order valence-electron chi connectivity index (χ0n) is 13.4. The number of aliphatic hydroxyl groups excluding tert-OH is 2. The van der Waals surface area contributed by atoms with Crippen LogP contribution in [-0.4, -0.2) is 47.4 Å². The molecule has 23 heavy (non-hydrogen) atoms. The molecule has 0 aromatic rings. The molecule has 0 heterocycles. The maximum Gasteiger partial charge on any atom is 0.337 e. The van der Waals surface area contributed by atoms with Crippen LogP contribution in [0.1, 0.15) is 51.4 Å². The number of hydrogen-bond acceptors (Lipinski definition) is 7. The molecule has 0 fully saturated rings. The van der Waals surface area contributed by atoms with E-state index in [9.17, 15) is 14.4 Å². The molecule has 0 radical (unpaired) electrons. The summed E-state index contributed by atoms with van der Waals surface area (Å²) in [7, 11) is 0. The highest BCUT2D eigenvalue weighted by Crippen LogP contribution is 2.09. The van der Waals surface area contributed by atoms with Gasteiger partial charge in [-0.15, -0.1) is 0 Å². The molecule has 1 atom stereocenters. The number of carbonyl (C=O) groups excluding carboxylic acids is 3. The van der Waals surface area contributed by atoms with Gasteiger partial charge in [0.25, 0.3) is 0 Å². The van der Waals surface area contributed by atoms with Crippen molar-refractivity contribution in [3.05, 3.63) is 12.7 Å². The third-order valence-electron chi connectivity index (χ3n) is 3.04. The summed E-state index contributed by atoms with van der Waals surface area (Å²) < 4.78 is 9.21. The van der Waals surface area contributed by atoms with Crippen molar-refractivity contribution in [1.29, 1.82) is 0 Å². The minimum absolute atomic E-state index is 0.181. The number of ether oxygens (including phenoxy) is 2. The van der Waals surface area contributed by atoms with Gasteiger partial charge in [0.2, 0.25) is 0 Å². The van der Waals surface area contributed by atoms with E-state index in [-0.39, 0.29) is 25.4 Å². The van der Waals surface area contributed by atoms with Crippen LogP contribution in [0.25, 0.3) is 0 Å². The van der Waals surface area contributed by atoms with Crippen LogP contribution < -0.4 is 0 Å². The smallest absolute Gasteiger partial charge is 0.337 e. The van der Waals surface area contributed by atoms with Crippen LogP contribution in [0.4, 0.5) is 0 Å². The van der Waals surface area contributed by atoms with Gasteiger partial charge in [0.1, 0.15) is 12.7 Å². The van der Waals surface area contributed by atoms with Gasteiger partial charge < -0.3 is 19.7 Å². The van der Waals surface area contributed by atoms with E-state index < -0.39 is 24.6 Å². The van der Waals surface area contributed by atoms with Gasteiger partial charge in [-0.2, -0.15) is 0 Å². The van der Waals surface area contributed by atoms with Crippen LogP contribution in [0.15, 0.2) is 12.7 Å². The molecule has 0 aliphatic heterocycles. The van der Waals surface area contributed by atoms with Gasteiger partial charge in [0.05, 0.1) is 6.61 Å². The lowest BCUT2D eigenvalue weighted by Crippen LogP contribution is -2.21. The third-order valence-corrected chi connectivity index (χ3v) is 3.04. The largest absolute Gasteiger partial charge is 0.463 e. The molecule has 1 unspecified atom stereocenters. The molecule has 0 amide bonds. The second-order valence-corrected chi connectivity index (χ2v) is 5.14. The fraction of sp³-hybridized carbons (Fsp3) is 0.688. The lowest BCUT2D eigenvalue weighted by Gasteiger charge is -2.08. The molecule has 7 heteroatoms. The minimum atomic E-state index is -1.02. The lowest BCUT2D eigenvalue weighted by molar-refractivity contribution is -0.156. The first-order valence-electron chi connectivity index (χ1n) is 7.81. The molecule has 0 aromatic heterocycles. The Labute approximate surface area is 136 Å². The van der Waals surface area contributed by atoms with Gasteiger partial charge in [-0.05, 0) is 12.8 Å². The van der Waals surface area contributed by atoms with Crippen LogP contribution >= 0.6 is 0 Å². The van der Waals surface area contributed by atoms with Crippen LogP contribution in [-0.2, 0) is 23.9 Å².